The predicted octanol–water partition coefficient (Wildman–Crippen LogP) is 3.11. The molecule has 1 saturated heterocycles. The van der Waals surface area contributed by atoms with Crippen LogP contribution in [0.1, 0.15) is 37.7 Å². The Bertz CT molecular complexity index is 399. The molecular weight excluding hydrogens is 220 g/mol. The number of nitrogens with one attached hydrogen (secondary N) is 1. The third kappa shape index (κ3) is 2.03. The third-order valence-electron chi connectivity index (χ3n) is 4.73. The number of hydrogen-bond donors (Lipinski definition) is 1. The number of hydrogen-bond acceptors (Lipinski definition) is 2. The summed E-state index contributed by atoms with van der Waals surface area (Å²) in [4.78, 5) is 2.71. The van der Waals surface area contributed by atoms with Gasteiger partial charge in [-0.1, -0.05) is 37.5 Å². The SMILES string of the molecule is Cc1ccccc1N1CCNCC12CCCCC2. The van der Waals surface area contributed by atoms with Gasteiger partial charge in [0.1, 0.15) is 0 Å². The van der Waals surface area contributed by atoms with E-state index in [2.05, 4.69) is 41.4 Å². The Kier molecular flexibility index (Phi) is 3.29. The van der Waals surface area contributed by atoms with Crippen molar-refractivity contribution in [2.24, 2.45) is 0 Å². The van der Waals surface area contributed by atoms with E-state index in [9.17, 15) is 0 Å². The quantitative estimate of drug-likeness (QED) is 0.816. The van der Waals surface area contributed by atoms with Crippen LogP contribution >= 0.6 is 0 Å². The molecule has 2 fully saturated rings. The Labute approximate surface area is 110 Å². The van der Waals surface area contributed by atoms with E-state index in [1.807, 2.05) is 0 Å². The normalized spacial score (nSPS) is 23.3. The Balaban J connectivity index is 1.94. The van der Waals surface area contributed by atoms with Crippen molar-refractivity contribution in [1.82, 2.24) is 5.32 Å². The zero-order chi connectivity index (χ0) is 12.4. The highest BCUT2D eigenvalue weighted by Gasteiger charge is 2.40. The highest BCUT2D eigenvalue weighted by atomic mass is 15.3. The molecular formula is C16H24N2. The van der Waals surface area contributed by atoms with E-state index in [-0.39, 0.29) is 0 Å². The van der Waals surface area contributed by atoms with Crippen LogP contribution in [0.3, 0.4) is 0 Å². The number of rotatable bonds is 1. The Morgan fingerprint density at radius 3 is 2.67 bits per heavy atom. The number of anilines is 1. The summed E-state index contributed by atoms with van der Waals surface area (Å²) in [6.45, 7) is 5.69. The van der Waals surface area contributed by atoms with Gasteiger partial charge in [-0.15, -0.1) is 0 Å². The summed E-state index contributed by atoms with van der Waals surface area (Å²) in [5, 5.41) is 3.62. The maximum Gasteiger partial charge on any atom is 0.0527 e. The summed E-state index contributed by atoms with van der Waals surface area (Å²) in [5.41, 5.74) is 3.27. The summed E-state index contributed by atoms with van der Waals surface area (Å²) in [6, 6.07) is 8.88. The zero-order valence-corrected chi connectivity index (χ0v) is 11.4. The molecule has 1 saturated carbocycles. The monoisotopic (exact) mass is 244 g/mol. The molecule has 3 rings (SSSR count). The maximum atomic E-state index is 3.62. The van der Waals surface area contributed by atoms with Gasteiger partial charge in [0.2, 0.25) is 0 Å². The fraction of sp³-hybridized carbons (Fsp3) is 0.625. The molecule has 98 valence electrons. The molecule has 1 N–H and O–H groups in total. The van der Waals surface area contributed by atoms with Crippen molar-refractivity contribution in [3.63, 3.8) is 0 Å². The predicted molar refractivity (Wildman–Crippen MR) is 77.2 cm³/mol. The number of piperazine rings is 1. The molecule has 2 nitrogen and oxygen atoms in total. The smallest absolute Gasteiger partial charge is 0.0527 e. The summed E-state index contributed by atoms with van der Waals surface area (Å²) < 4.78 is 0. The van der Waals surface area contributed by atoms with Gasteiger partial charge in [-0.05, 0) is 31.4 Å². The number of benzene rings is 1. The minimum Gasteiger partial charge on any atom is -0.363 e. The molecule has 1 aromatic rings. The number of aryl methyl sites for hydroxylation is 1. The Morgan fingerprint density at radius 2 is 1.89 bits per heavy atom. The first-order valence-corrected chi connectivity index (χ1v) is 7.36. The van der Waals surface area contributed by atoms with E-state index in [1.165, 1.54) is 49.9 Å². The second-order valence-corrected chi connectivity index (χ2v) is 5.90. The van der Waals surface area contributed by atoms with Gasteiger partial charge in [-0.2, -0.15) is 0 Å². The lowest BCUT2D eigenvalue weighted by atomic mass is 9.78. The zero-order valence-electron chi connectivity index (χ0n) is 11.4. The van der Waals surface area contributed by atoms with Gasteiger partial charge >= 0.3 is 0 Å². The minimum atomic E-state index is 0.391. The van der Waals surface area contributed by atoms with E-state index >= 15 is 0 Å². The minimum absolute atomic E-state index is 0.391. The topological polar surface area (TPSA) is 15.3 Å². The van der Waals surface area contributed by atoms with Crippen LogP contribution in [0.15, 0.2) is 24.3 Å². The van der Waals surface area contributed by atoms with Gasteiger partial charge in [0.25, 0.3) is 0 Å². The Morgan fingerprint density at radius 1 is 1.11 bits per heavy atom. The van der Waals surface area contributed by atoms with Gasteiger partial charge in [-0.25, -0.2) is 0 Å². The third-order valence-corrected chi connectivity index (χ3v) is 4.73. The van der Waals surface area contributed by atoms with Crippen LogP contribution in [0.2, 0.25) is 0 Å². The van der Waals surface area contributed by atoms with Crippen LogP contribution in [0.4, 0.5) is 5.69 Å². The molecule has 1 aliphatic heterocycles. The second kappa shape index (κ2) is 4.93. The summed E-state index contributed by atoms with van der Waals surface area (Å²) in [7, 11) is 0. The van der Waals surface area contributed by atoms with Crippen LogP contribution in [0.25, 0.3) is 0 Å². The molecule has 0 amide bonds. The molecule has 18 heavy (non-hydrogen) atoms. The van der Waals surface area contributed by atoms with Gasteiger partial charge in [0.05, 0.1) is 5.54 Å². The fourth-order valence-corrected chi connectivity index (χ4v) is 3.74. The highest BCUT2D eigenvalue weighted by Crippen LogP contribution is 2.38. The van der Waals surface area contributed by atoms with Gasteiger partial charge < -0.3 is 10.2 Å². The highest BCUT2D eigenvalue weighted by molar-refractivity contribution is 5.56. The molecule has 0 atom stereocenters. The molecule has 1 aromatic carbocycles. The van der Waals surface area contributed by atoms with E-state index in [1.54, 1.807) is 0 Å². The second-order valence-electron chi connectivity index (χ2n) is 5.90. The molecule has 0 bridgehead atoms. The molecule has 1 heterocycles. The van der Waals surface area contributed by atoms with E-state index in [4.69, 9.17) is 0 Å². The summed E-state index contributed by atoms with van der Waals surface area (Å²) >= 11 is 0. The van der Waals surface area contributed by atoms with Gasteiger partial charge in [0.15, 0.2) is 0 Å². The average molecular weight is 244 g/mol. The van der Waals surface area contributed by atoms with E-state index in [0.717, 1.165) is 13.1 Å². The number of para-hydroxylation sites is 1. The van der Waals surface area contributed by atoms with Crippen molar-refractivity contribution in [2.75, 3.05) is 24.5 Å². The first-order valence-electron chi connectivity index (χ1n) is 7.36. The maximum absolute atomic E-state index is 3.62. The standard InChI is InChI=1S/C16H24N2/c1-14-7-3-4-8-15(14)18-12-11-17-13-16(18)9-5-2-6-10-16/h3-4,7-8,17H,2,5-6,9-13H2,1H3. The molecule has 0 radical (unpaired) electrons. The average Bonchev–Trinajstić information content (AvgIpc) is 2.41. The lowest BCUT2D eigenvalue weighted by molar-refractivity contribution is 0.241. The number of nitrogens with zero attached hydrogens (tertiary/aromatic N) is 1. The Hall–Kier alpha value is -1.02. The molecule has 2 aliphatic rings. The van der Waals surface area contributed by atoms with Crippen LogP contribution in [-0.4, -0.2) is 25.2 Å². The van der Waals surface area contributed by atoms with E-state index < -0.39 is 0 Å². The lowest BCUT2D eigenvalue weighted by Gasteiger charge is -2.51. The van der Waals surface area contributed by atoms with Crippen molar-refractivity contribution in [2.45, 2.75) is 44.6 Å². The summed E-state index contributed by atoms with van der Waals surface area (Å²) in [5.74, 6) is 0. The molecule has 0 unspecified atom stereocenters. The van der Waals surface area contributed by atoms with Crippen molar-refractivity contribution in [3.8, 4) is 0 Å². The van der Waals surface area contributed by atoms with Crippen LogP contribution in [-0.2, 0) is 0 Å². The van der Waals surface area contributed by atoms with Gasteiger partial charge in [0, 0.05) is 25.3 Å². The molecule has 0 aromatic heterocycles. The van der Waals surface area contributed by atoms with Crippen LogP contribution < -0.4 is 10.2 Å². The van der Waals surface area contributed by atoms with Gasteiger partial charge in [-0.3, -0.25) is 0 Å². The molecule has 2 heteroatoms. The van der Waals surface area contributed by atoms with Crippen molar-refractivity contribution in [3.05, 3.63) is 29.8 Å². The van der Waals surface area contributed by atoms with Crippen molar-refractivity contribution in [1.29, 1.82) is 0 Å². The first-order chi connectivity index (χ1) is 8.82. The molecule has 1 aliphatic carbocycles. The van der Waals surface area contributed by atoms with Crippen LogP contribution in [0.5, 0.6) is 0 Å². The van der Waals surface area contributed by atoms with Crippen LogP contribution in [0, 0.1) is 6.92 Å². The first kappa shape index (κ1) is 12.0. The summed E-state index contributed by atoms with van der Waals surface area (Å²) in [6.07, 6.45) is 6.92. The largest absolute Gasteiger partial charge is 0.363 e. The fourth-order valence-electron chi connectivity index (χ4n) is 3.74. The van der Waals surface area contributed by atoms with Crippen molar-refractivity contribution >= 4 is 5.69 Å². The lowest BCUT2D eigenvalue weighted by Crippen LogP contribution is -2.62. The van der Waals surface area contributed by atoms with Crippen molar-refractivity contribution < 1.29 is 0 Å². The molecule has 1 spiro atoms. The van der Waals surface area contributed by atoms with E-state index in [0.29, 0.717) is 5.54 Å².